The van der Waals surface area contributed by atoms with Crippen LogP contribution in [0.3, 0.4) is 0 Å². The molecule has 1 N–H and O–H groups in total. The van der Waals surface area contributed by atoms with Crippen LogP contribution in [0.5, 0.6) is 0 Å². The van der Waals surface area contributed by atoms with Crippen LogP contribution >= 0.6 is 0 Å². The Balaban J connectivity index is 1.37. The lowest BCUT2D eigenvalue weighted by atomic mass is 9.53. The summed E-state index contributed by atoms with van der Waals surface area (Å²) >= 11 is 0. The summed E-state index contributed by atoms with van der Waals surface area (Å²) in [7, 11) is 2.21. The fourth-order valence-electron chi connectivity index (χ4n) is 5.65. The Hall–Kier alpha value is -0.120. The van der Waals surface area contributed by atoms with Crippen molar-refractivity contribution in [3.8, 4) is 0 Å². The molecule has 19 heavy (non-hydrogen) atoms. The molecule has 1 heterocycles. The van der Waals surface area contributed by atoms with Gasteiger partial charge < -0.3 is 15.0 Å². The summed E-state index contributed by atoms with van der Waals surface area (Å²) in [6, 6.07) is 0. The van der Waals surface area contributed by atoms with Crippen molar-refractivity contribution in [1.82, 2.24) is 10.2 Å². The summed E-state index contributed by atoms with van der Waals surface area (Å²) in [5.41, 5.74) is 0.494. The third kappa shape index (κ3) is 2.45. The molecule has 5 aliphatic rings. The predicted octanol–water partition coefficient (Wildman–Crippen LogP) is 1.88. The normalized spacial score (nSPS) is 49.7. The topological polar surface area (TPSA) is 24.5 Å². The number of morpholine rings is 1. The molecule has 0 aromatic carbocycles. The highest BCUT2D eigenvalue weighted by Crippen LogP contribution is 2.55. The maximum atomic E-state index is 5.91. The monoisotopic (exact) mass is 264 g/mol. The van der Waals surface area contributed by atoms with Crippen LogP contribution in [-0.2, 0) is 4.74 Å². The molecule has 1 atom stereocenters. The number of likely N-dealkylation sites (N-methyl/N-ethyl adjacent to an activating group) is 1. The Morgan fingerprint density at radius 3 is 2.32 bits per heavy atom. The van der Waals surface area contributed by atoms with Crippen molar-refractivity contribution in [2.24, 2.45) is 17.8 Å². The van der Waals surface area contributed by atoms with Gasteiger partial charge in [-0.3, -0.25) is 0 Å². The highest BCUT2D eigenvalue weighted by atomic mass is 16.5. The Bertz CT molecular complexity index is 308. The van der Waals surface area contributed by atoms with Gasteiger partial charge in [-0.15, -0.1) is 0 Å². The first-order valence-corrected chi connectivity index (χ1v) is 8.26. The van der Waals surface area contributed by atoms with Gasteiger partial charge in [0.1, 0.15) is 0 Å². The first kappa shape index (κ1) is 12.6. The Morgan fingerprint density at radius 1 is 1.11 bits per heavy atom. The van der Waals surface area contributed by atoms with Crippen molar-refractivity contribution in [2.45, 2.75) is 50.2 Å². The van der Waals surface area contributed by atoms with E-state index < -0.39 is 0 Å². The molecule has 4 aliphatic carbocycles. The molecule has 1 aliphatic heterocycles. The smallest absolute Gasteiger partial charge is 0.0826 e. The van der Waals surface area contributed by atoms with Crippen LogP contribution in [0.1, 0.15) is 38.5 Å². The average molecular weight is 264 g/mol. The van der Waals surface area contributed by atoms with Crippen molar-refractivity contribution in [1.29, 1.82) is 0 Å². The van der Waals surface area contributed by atoms with Crippen LogP contribution in [-0.4, -0.2) is 49.8 Å². The molecule has 3 nitrogen and oxygen atoms in total. The van der Waals surface area contributed by atoms with Gasteiger partial charge >= 0.3 is 0 Å². The Labute approximate surface area is 117 Å². The minimum absolute atomic E-state index is 0.409. The summed E-state index contributed by atoms with van der Waals surface area (Å²) in [6.45, 7) is 4.16. The van der Waals surface area contributed by atoms with Crippen LogP contribution in [0.25, 0.3) is 0 Å². The van der Waals surface area contributed by atoms with Gasteiger partial charge in [0.15, 0.2) is 0 Å². The average Bonchev–Trinajstić information content (AvgIpc) is 2.35. The van der Waals surface area contributed by atoms with Gasteiger partial charge in [0.2, 0.25) is 0 Å². The Kier molecular flexibility index (Phi) is 3.13. The third-order valence-electron chi connectivity index (χ3n) is 6.08. The molecule has 4 saturated carbocycles. The quantitative estimate of drug-likeness (QED) is 0.842. The van der Waals surface area contributed by atoms with Gasteiger partial charge in [0.05, 0.1) is 12.7 Å². The zero-order valence-electron chi connectivity index (χ0n) is 12.2. The van der Waals surface area contributed by atoms with Gasteiger partial charge in [-0.25, -0.2) is 0 Å². The number of nitrogens with zero attached hydrogens (tertiary/aromatic N) is 1. The lowest BCUT2D eigenvalue weighted by molar-refractivity contribution is -0.0478. The van der Waals surface area contributed by atoms with Gasteiger partial charge in [0, 0.05) is 25.2 Å². The van der Waals surface area contributed by atoms with Crippen molar-refractivity contribution < 1.29 is 4.74 Å². The number of rotatable bonds is 3. The fourth-order valence-corrected chi connectivity index (χ4v) is 5.65. The second-order valence-electron chi connectivity index (χ2n) is 7.83. The highest BCUT2D eigenvalue weighted by Gasteiger charge is 2.50. The van der Waals surface area contributed by atoms with E-state index in [2.05, 4.69) is 17.3 Å². The van der Waals surface area contributed by atoms with Crippen LogP contribution in [0.15, 0.2) is 0 Å². The van der Waals surface area contributed by atoms with E-state index in [0.717, 1.165) is 44.0 Å². The molecule has 0 aromatic heterocycles. The van der Waals surface area contributed by atoms with E-state index in [1.54, 1.807) is 0 Å². The number of nitrogens with one attached hydrogen (secondary N) is 1. The van der Waals surface area contributed by atoms with Crippen molar-refractivity contribution >= 4 is 0 Å². The summed E-state index contributed by atoms with van der Waals surface area (Å²) in [5, 5.41) is 3.97. The van der Waals surface area contributed by atoms with E-state index in [1.165, 1.54) is 38.5 Å². The van der Waals surface area contributed by atoms with Gasteiger partial charge in [-0.1, -0.05) is 0 Å². The van der Waals surface area contributed by atoms with Gasteiger partial charge in [-0.05, 0) is 63.3 Å². The molecular formula is C16H28N2O. The first-order chi connectivity index (χ1) is 9.21. The summed E-state index contributed by atoms with van der Waals surface area (Å²) in [4.78, 5) is 2.40. The van der Waals surface area contributed by atoms with Crippen LogP contribution in [0, 0.1) is 17.8 Å². The molecule has 3 heteroatoms. The largest absolute Gasteiger partial charge is 0.374 e. The second-order valence-corrected chi connectivity index (χ2v) is 7.83. The zero-order chi connectivity index (χ0) is 12.9. The lowest BCUT2D eigenvalue weighted by Gasteiger charge is -2.57. The molecule has 4 bridgehead atoms. The molecule has 108 valence electrons. The van der Waals surface area contributed by atoms with Crippen molar-refractivity contribution in [2.75, 3.05) is 33.3 Å². The Morgan fingerprint density at radius 2 is 1.74 bits per heavy atom. The van der Waals surface area contributed by atoms with Crippen molar-refractivity contribution in [3.63, 3.8) is 0 Å². The summed E-state index contributed by atoms with van der Waals surface area (Å²) in [6.07, 6.45) is 9.34. The number of ether oxygens (including phenoxy) is 1. The minimum Gasteiger partial charge on any atom is -0.374 e. The maximum Gasteiger partial charge on any atom is 0.0826 e. The van der Waals surface area contributed by atoms with E-state index >= 15 is 0 Å². The first-order valence-electron chi connectivity index (χ1n) is 8.26. The molecule has 1 saturated heterocycles. The summed E-state index contributed by atoms with van der Waals surface area (Å²) < 4.78 is 5.91. The van der Waals surface area contributed by atoms with E-state index in [-0.39, 0.29) is 0 Å². The van der Waals surface area contributed by atoms with Crippen LogP contribution in [0.2, 0.25) is 0 Å². The summed E-state index contributed by atoms with van der Waals surface area (Å²) in [5.74, 6) is 3.11. The highest BCUT2D eigenvalue weighted by molar-refractivity contribution is 5.06. The molecule has 5 rings (SSSR count). The molecule has 0 aromatic rings. The SMILES string of the molecule is CN1CCOC(CNC23CC4CC(CC(C4)C2)C3)C1. The van der Waals surface area contributed by atoms with E-state index in [9.17, 15) is 0 Å². The van der Waals surface area contributed by atoms with Gasteiger partial charge in [-0.2, -0.15) is 0 Å². The number of hydrogen-bond donors (Lipinski definition) is 1. The standard InChI is InChI=1S/C16H28N2O/c1-18-2-3-19-15(11-18)10-17-16-7-12-4-13(8-16)6-14(5-12)9-16/h12-15,17H,2-11H2,1H3. The van der Waals surface area contributed by atoms with Crippen molar-refractivity contribution in [3.05, 3.63) is 0 Å². The third-order valence-corrected chi connectivity index (χ3v) is 6.08. The van der Waals surface area contributed by atoms with E-state index in [0.29, 0.717) is 11.6 Å². The molecular weight excluding hydrogens is 236 g/mol. The lowest BCUT2D eigenvalue weighted by Crippen LogP contribution is -2.60. The van der Waals surface area contributed by atoms with Crippen LogP contribution < -0.4 is 5.32 Å². The predicted molar refractivity (Wildman–Crippen MR) is 76.1 cm³/mol. The molecule has 0 radical (unpaired) electrons. The fraction of sp³-hybridized carbons (Fsp3) is 1.00. The molecule has 0 spiro atoms. The molecule has 5 fully saturated rings. The maximum absolute atomic E-state index is 5.91. The minimum atomic E-state index is 0.409. The number of hydrogen-bond acceptors (Lipinski definition) is 3. The molecule has 1 unspecified atom stereocenters. The van der Waals surface area contributed by atoms with Crippen LogP contribution in [0.4, 0.5) is 0 Å². The van der Waals surface area contributed by atoms with E-state index in [1.807, 2.05) is 0 Å². The zero-order valence-corrected chi connectivity index (χ0v) is 12.2. The molecule has 0 amide bonds. The second kappa shape index (κ2) is 4.71. The van der Waals surface area contributed by atoms with Gasteiger partial charge in [0.25, 0.3) is 0 Å². The van der Waals surface area contributed by atoms with E-state index in [4.69, 9.17) is 4.74 Å².